The van der Waals surface area contributed by atoms with Crippen LogP contribution in [0.2, 0.25) is 5.02 Å². The number of nitrogens with one attached hydrogen (secondary N) is 1. The maximum absolute atomic E-state index is 12.0. The normalized spacial score (nSPS) is 22.4. The topological polar surface area (TPSA) is 49.3 Å². The van der Waals surface area contributed by atoms with Gasteiger partial charge in [0, 0.05) is 18.0 Å². The summed E-state index contributed by atoms with van der Waals surface area (Å²) in [6, 6.07) is 4.46. The number of alkyl halides is 1. The average molecular weight is 302 g/mol. The molecule has 1 saturated carbocycles. The summed E-state index contributed by atoms with van der Waals surface area (Å²) >= 11 is 11.7. The molecule has 0 radical (unpaired) electrons. The van der Waals surface area contributed by atoms with E-state index in [4.69, 9.17) is 23.2 Å². The number of carbonyl (C=O) groups excluding carboxylic acids is 1. The third-order valence-corrected chi connectivity index (χ3v) is 4.45. The van der Waals surface area contributed by atoms with Crippen molar-refractivity contribution in [2.45, 2.75) is 19.3 Å². The summed E-state index contributed by atoms with van der Waals surface area (Å²) in [5, 5.41) is 12.4. The molecule has 2 atom stereocenters. The second-order valence-corrected chi connectivity index (χ2v) is 5.70. The Morgan fingerprint density at radius 1 is 1.37 bits per heavy atom. The van der Waals surface area contributed by atoms with E-state index in [2.05, 4.69) is 5.32 Å². The molecule has 2 rings (SSSR count). The van der Waals surface area contributed by atoms with Gasteiger partial charge in [-0.1, -0.05) is 18.0 Å². The Balaban J connectivity index is 1.92. The number of hydrogen-bond donors (Lipinski definition) is 2. The first-order chi connectivity index (χ1) is 9.11. The lowest BCUT2D eigenvalue weighted by atomic mass is 9.98. The molecule has 0 aliphatic heterocycles. The van der Waals surface area contributed by atoms with Crippen molar-refractivity contribution in [3.05, 3.63) is 28.8 Å². The molecule has 0 bridgehead atoms. The number of halogens is 2. The van der Waals surface area contributed by atoms with Crippen LogP contribution in [-0.4, -0.2) is 23.4 Å². The van der Waals surface area contributed by atoms with Gasteiger partial charge in [0.15, 0.2) is 0 Å². The summed E-state index contributed by atoms with van der Waals surface area (Å²) in [7, 11) is 0. The smallest absolute Gasteiger partial charge is 0.251 e. The quantitative estimate of drug-likeness (QED) is 0.837. The van der Waals surface area contributed by atoms with Crippen molar-refractivity contribution in [2.75, 3.05) is 12.4 Å². The van der Waals surface area contributed by atoms with Gasteiger partial charge in [0.25, 0.3) is 5.91 Å². The summed E-state index contributed by atoms with van der Waals surface area (Å²) in [6.45, 7) is 0.648. The molecule has 1 aromatic carbocycles. The highest BCUT2D eigenvalue weighted by Crippen LogP contribution is 2.32. The first kappa shape index (κ1) is 14.5. The molecule has 5 heteroatoms. The molecular weight excluding hydrogens is 285 g/mol. The Bertz CT molecular complexity index is 465. The van der Waals surface area contributed by atoms with Crippen molar-refractivity contribution in [3.8, 4) is 5.75 Å². The van der Waals surface area contributed by atoms with Crippen molar-refractivity contribution in [1.29, 1.82) is 0 Å². The molecule has 19 heavy (non-hydrogen) atoms. The lowest BCUT2D eigenvalue weighted by molar-refractivity contribution is 0.0944. The monoisotopic (exact) mass is 301 g/mol. The summed E-state index contributed by atoms with van der Waals surface area (Å²) in [5.74, 6) is 1.45. The minimum absolute atomic E-state index is 0.0174. The zero-order chi connectivity index (χ0) is 13.8. The van der Waals surface area contributed by atoms with Crippen LogP contribution < -0.4 is 5.32 Å². The van der Waals surface area contributed by atoms with Gasteiger partial charge in [-0.05, 0) is 42.9 Å². The highest BCUT2D eigenvalue weighted by Gasteiger charge is 2.26. The molecular formula is C14H17Cl2NO2. The first-order valence-electron chi connectivity index (χ1n) is 6.44. The molecule has 0 spiro atoms. The lowest BCUT2D eigenvalue weighted by Crippen LogP contribution is -2.31. The predicted molar refractivity (Wildman–Crippen MR) is 77.0 cm³/mol. The standard InChI is InChI=1S/C14H17Cl2NO2/c15-7-10-2-1-3-11(10)8-17-14(19)9-4-5-13(18)12(16)6-9/h4-6,10-11,18H,1-3,7-8H2,(H,17,19). The molecule has 3 nitrogen and oxygen atoms in total. The van der Waals surface area contributed by atoms with Gasteiger partial charge in [0.05, 0.1) is 5.02 Å². The van der Waals surface area contributed by atoms with Crippen LogP contribution in [0.1, 0.15) is 29.6 Å². The van der Waals surface area contributed by atoms with Gasteiger partial charge in [0.2, 0.25) is 0 Å². The highest BCUT2D eigenvalue weighted by molar-refractivity contribution is 6.32. The lowest BCUT2D eigenvalue weighted by Gasteiger charge is -2.17. The molecule has 104 valence electrons. The largest absolute Gasteiger partial charge is 0.506 e. The third kappa shape index (κ3) is 3.54. The molecule has 0 heterocycles. The van der Waals surface area contributed by atoms with Crippen LogP contribution >= 0.6 is 23.2 Å². The van der Waals surface area contributed by atoms with Crippen molar-refractivity contribution in [3.63, 3.8) is 0 Å². The summed E-state index contributed by atoms with van der Waals surface area (Å²) in [4.78, 5) is 12.0. The second kappa shape index (κ2) is 6.49. The molecule has 1 aromatic rings. The van der Waals surface area contributed by atoms with Gasteiger partial charge in [-0.25, -0.2) is 0 Å². The van der Waals surface area contributed by atoms with E-state index in [0.717, 1.165) is 12.8 Å². The fourth-order valence-electron chi connectivity index (χ4n) is 2.56. The third-order valence-electron chi connectivity index (χ3n) is 3.75. The van der Waals surface area contributed by atoms with Gasteiger partial charge in [-0.2, -0.15) is 0 Å². The highest BCUT2D eigenvalue weighted by atomic mass is 35.5. The van der Waals surface area contributed by atoms with E-state index in [-0.39, 0.29) is 16.7 Å². The van der Waals surface area contributed by atoms with Crippen molar-refractivity contribution in [2.24, 2.45) is 11.8 Å². The maximum Gasteiger partial charge on any atom is 0.251 e. The number of hydrogen-bond acceptors (Lipinski definition) is 2. The molecule has 1 amide bonds. The Kier molecular flexibility index (Phi) is 4.94. The molecule has 1 fully saturated rings. The number of phenols is 1. The molecule has 2 N–H and O–H groups in total. The summed E-state index contributed by atoms with van der Waals surface area (Å²) < 4.78 is 0. The number of rotatable bonds is 4. The zero-order valence-electron chi connectivity index (χ0n) is 10.5. The zero-order valence-corrected chi connectivity index (χ0v) is 12.0. The number of amides is 1. The Morgan fingerprint density at radius 2 is 2.11 bits per heavy atom. The average Bonchev–Trinajstić information content (AvgIpc) is 2.86. The first-order valence-corrected chi connectivity index (χ1v) is 7.35. The molecule has 1 aliphatic rings. The van der Waals surface area contributed by atoms with Crippen molar-refractivity contribution in [1.82, 2.24) is 5.32 Å². The maximum atomic E-state index is 12.0. The Morgan fingerprint density at radius 3 is 2.79 bits per heavy atom. The van der Waals surface area contributed by atoms with Crippen LogP contribution in [-0.2, 0) is 0 Å². The number of benzene rings is 1. The fraction of sp³-hybridized carbons (Fsp3) is 0.500. The Labute approximate surface area is 122 Å². The SMILES string of the molecule is O=C(NCC1CCCC1CCl)c1ccc(O)c(Cl)c1. The van der Waals surface area contributed by atoms with Crippen LogP contribution in [0.15, 0.2) is 18.2 Å². The van der Waals surface area contributed by atoms with Crippen molar-refractivity contribution >= 4 is 29.1 Å². The predicted octanol–water partition coefficient (Wildman–Crippen LogP) is 3.43. The number of carbonyl (C=O) groups is 1. The van der Waals surface area contributed by atoms with Crippen LogP contribution in [0.25, 0.3) is 0 Å². The van der Waals surface area contributed by atoms with Crippen LogP contribution in [0, 0.1) is 11.8 Å². The van der Waals surface area contributed by atoms with Crippen molar-refractivity contribution < 1.29 is 9.90 Å². The minimum Gasteiger partial charge on any atom is -0.506 e. The van der Waals surface area contributed by atoms with Crippen LogP contribution in [0.4, 0.5) is 0 Å². The van der Waals surface area contributed by atoms with Gasteiger partial charge >= 0.3 is 0 Å². The number of aromatic hydroxyl groups is 1. The molecule has 2 unspecified atom stereocenters. The molecule has 1 aliphatic carbocycles. The van der Waals surface area contributed by atoms with Gasteiger partial charge in [0.1, 0.15) is 5.75 Å². The van der Waals surface area contributed by atoms with Crippen LogP contribution in [0.5, 0.6) is 5.75 Å². The van der Waals surface area contributed by atoms with E-state index >= 15 is 0 Å². The molecule has 0 saturated heterocycles. The van der Waals surface area contributed by atoms with E-state index in [1.165, 1.54) is 18.6 Å². The van der Waals surface area contributed by atoms with Crippen LogP contribution in [0.3, 0.4) is 0 Å². The van der Waals surface area contributed by atoms with E-state index in [1.807, 2.05) is 0 Å². The Hall–Kier alpha value is -0.930. The fourth-order valence-corrected chi connectivity index (χ4v) is 3.15. The van der Waals surface area contributed by atoms with E-state index in [0.29, 0.717) is 29.8 Å². The van der Waals surface area contributed by atoms with Gasteiger partial charge in [-0.15, -0.1) is 11.6 Å². The van der Waals surface area contributed by atoms with Gasteiger partial charge in [-0.3, -0.25) is 4.79 Å². The van der Waals surface area contributed by atoms with Gasteiger partial charge < -0.3 is 10.4 Å². The number of phenolic OH excluding ortho intramolecular Hbond substituents is 1. The second-order valence-electron chi connectivity index (χ2n) is 4.98. The van der Waals surface area contributed by atoms with E-state index in [9.17, 15) is 9.90 Å². The van der Waals surface area contributed by atoms with E-state index < -0.39 is 0 Å². The van der Waals surface area contributed by atoms with E-state index in [1.54, 1.807) is 6.07 Å². The molecule has 0 aromatic heterocycles. The summed E-state index contributed by atoms with van der Waals surface area (Å²) in [5.41, 5.74) is 0.461. The minimum atomic E-state index is -0.165. The summed E-state index contributed by atoms with van der Waals surface area (Å²) in [6.07, 6.45) is 3.45.